The maximum Gasteiger partial charge on any atom is 0.0718 e. The van der Waals surface area contributed by atoms with Crippen molar-refractivity contribution in [3.8, 4) is 0 Å². The second kappa shape index (κ2) is 6.92. The van der Waals surface area contributed by atoms with E-state index in [-0.39, 0.29) is 6.04 Å². The fourth-order valence-electron chi connectivity index (χ4n) is 5.51. The third-order valence-electron chi connectivity index (χ3n) is 6.97. The van der Waals surface area contributed by atoms with Gasteiger partial charge in [0.1, 0.15) is 0 Å². The van der Waals surface area contributed by atoms with E-state index < -0.39 is 12.2 Å². The Morgan fingerprint density at radius 3 is 1.93 bits per heavy atom. The molecule has 1 aliphatic rings. The molecule has 6 rings (SSSR count). The van der Waals surface area contributed by atoms with Crippen molar-refractivity contribution in [2.24, 2.45) is 0 Å². The second-order valence-electron chi connectivity index (χ2n) is 8.68. The Labute approximate surface area is 175 Å². The largest absolute Gasteiger partial charge is 0.391 e. The van der Waals surface area contributed by atoms with E-state index in [1.807, 2.05) is 0 Å². The molecule has 0 spiro atoms. The summed E-state index contributed by atoms with van der Waals surface area (Å²) in [6.07, 6.45) is 1.40. The molecule has 5 aromatic carbocycles. The predicted molar refractivity (Wildman–Crippen MR) is 124 cm³/mol. The van der Waals surface area contributed by atoms with Gasteiger partial charge in [0.2, 0.25) is 0 Å². The van der Waals surface area contributed by atoms with Gasteiger partial charge in [0.25, 0.3) is 0 Å². The van der Waals surface area contributed by atoms with E-state index in [2.05, 4.69) is 72.0 Å². The molecule has 0 heterocycles. The molecule has 3 N–H and O–H groups in total. The summed E-state index contributed by atoms with van der Waals surface area (Å²) in [6, 6.07) is 23.8. The summed E-state index contributed by atoms with van der Waals surface area (Å²) in [5.74, 6) is 0. The molecule has 150 valence electrons. The molecule has 0 unspecified atom stereocenters. The topological polar surface area (TPSA) is 52.5 Å². The van der Waals surface area contributed by atoms with Crippen LogP contribution in [0.3, 0.4) is 0 Å². The number of aliphatic hydroxyl groups excluding tert-OH is 2. The number of nitrogens with one attached hydrogen (secondary N) is 1. The lowest BCUT2D eigenvalue weighted by molar-refractivity contribution is 0.000913. The van der Waals surface area contributed by atoms with E-state index in [1.165, 1.54) is 48.7 Å². The van der Waals surface area contributed by atoms with Gasteiger partial charge in [-0.15, -0.1) is 0 Å². The van der Waals surface area contributed by atoms with Crippen molar-refractivity contribution in [3.05, 3.63) is 72.3 Å². The average molecular weight is 396 g/mol. The SMILES string of the molecule is O[C@@H]1CCC[C@H](O)[C@H]1NCc1ccc2c3cccc4cccc(c5cccc1c52)c43. The molecule has 0 saturated heterocycles. The van der Waals surface area contributed by atoms with E-state index in [0.717, 1.165) is 19.3 Å². The standard InChI is InChI=1S/C27H25NO2/c29-23-11-4-12-24(30)27(23)28-15-17-13-14-22-20-9-2-6-16-5-1-8-19(25(16)20)21-10-3-7-18(17)26(21)22/h1-3,5-10,13-14,23-24,27-30H,4,11-12,15H2/t23-,24+,27+. The molecule has 1 aliphatic carbocycles. The van der Waals surface area contributed by atoms with Gasteiger partial charge in [0.05, 0.1) is 18.2 Å². The lowest BCUT2D eigenvalue weighted by atomic mass is 9.88. The lowest BCUT2D eigenvalue weighted by Crippen LogP contribution is -2.50. The fourth-order valence-corrected chi connectivity index (χ4v) is 5.51. The summed E-state index contributed by atoms with van der Waals surface area (Å²) in [5.41, 5.74) is 1.20. The number of hydrogen-bond donors (Lipinski definition) is 3. The highest BCUT2D eigenvalue weighted by Gasteiger charge is 2.30. The van der Waals surface area contributed by atoms with Gasteiger partial charge in [0, 0.05) is 6.54 Å². The molecule has 0 aliphatic heterocycles. The summed E-state index contributed by atoms with van der Waals surface area (Å²) < 4.78 is 0. The summed E-state index contributed by atoms with van der Waals surface area (Å²) in [5, 5.41) is 34.4. The molecule has 1 fully saturated rings. The molecule has 3 nitrogen and oxygen atoms in total. The highest BCUT2D eigenvalue weighted by molar-refractivity contribution is 6.33. The van der Waals surface area contributed by atoms with Crippen molar-refractivity contribution in [1.82, 2.24) is 5.32 Å². The summed E-state index contributed by atoms with van der Waals surface area (Å²) >= 11 is 0. The molecule has 0 aromatic heterocycles. The number of benzene rings is 5. The molecule has 1 saturated carbocycles. The monoisotopic (exact) mass is 395 g/mol. The Morgan fingerprint density at radius 1 is 0.667 bits per heavy atom. The normalized spacial score (nSPS) is 22.5. The zero-order valence-corrected chi connectivity index (χ0v) is 16.8. The zero-order chi connectivity index (χ0) is 20.2. The molecule has 3 heteroatoms. The maximum atomic E-state index is 10.3. The van der Waals surface area contributed by atoms with Crippen molar-refractivity contribution in [3.63, 3.8) is 0 Å². The lowest BCUT2D eigenvalue weighted by Gasteiger charge is -2.33. The van der Waals surface area contributed by atoms with E-state index in [4.69, 9.17) is 0 Å². The quantitative estimate of drug-likeness (QED) is 0.294. The van der Waals surface area contributed by atoms with Gasteiger partial charge in [-0.3, -0.25) is 0 Å². The van der Waals surface area contributed by atoms with Crippen LogP contribution >= 0.6 is 0 Å². The van der Waals surface area contributed by atoms with Crippen molar-refractivity contribution in [2.45, 2.75) is 44.1 Å². The smallest absolute Gasteiger partial charge is 0.0718 e. The van der Waals surface area contributed by atoms with E-state index in [9.17, 15) is 10.2 Å². The summed E-state index contributed by atoms with van der Waals surface area (Å²) in [4.78, 5) is 0. The minimum atomic E-state index is -0.488. The first-order valence-electron chi connectivity index (χ1n) is 10.9. The number of aliphatic hydroxyl groups is 2. The highest BCUT2D eigenvalue weighted by atomic mass is 16.3. The van der Waals surface area contributed by atoms with Gasteiger partial charge in [-0.2, -0.15) is 0 Å². The molecular weight excluding hydrogens is 370 g/mol. The third kappa shape index (κ3) is 2.63. The van der Waals surface area contributed by atoms with Crippen molar-refractivity contribution in [1.29, 1.82) is 0 Å². The zero-order valence-electron chi connectivity index (χ0n) is 16.8. The van der Waals surface area contributed by atoms with Crippen LogP contribution < -0.4 is 5.32 Å². The number of fused-ring (bicyclic) bond motifs is 2. The Hall–Kier alpha value is -2.72. The molecule has 0 amide bonds. The molecule has 5 aromatic rings. The van der Waals surface area contributed by atoms with Crippen LogP contribution in [0.25, 0.3) is 43.1 Å². The third-order valence-corrected chi connectivity index (χ3v) is 6.97. The first kappa shape index (κ1) is 18.1. The van der Waals surface area contributed by atoms with E-state index >= 15 is 0 Å². The van der Waals surface area contributed by atoms with Gasteiger partial charge < -0.3 is 15.5 Å². The fraction of sp³-hybridized carbons (Fsp3) is 0.259. The van der Waals surface area contributed by atoms with Crippen LogP contribution in [0, 0.1) is 0 Å². The van der Waals surface area contributed by atoms with Crippen LogP contribution in [0.1, 0.15) is 24.8 Å². The van der Waals surface area contributed by atoms with E-state index in [1.54, 1.807) is 0 Å². The molecule has 30 heavy (non-hydrogen) atoms. The second-order valence-corrected chi connectivity index (χ2v) is 8.68. The van der Waals surface area contributed by atoms with Crippen LogP contribution in [-0.4, -0.2) is 28.5 Å². The Bertz CT molecular complexity index is 1320. The van der Waals surface area contributed by atoms with Gasteiger partial charge in [0.15, 0.2) is 0 Å². The van der Waals surface area contributed by atoms with Crippen LogP contribution in [-0.2, 0) is 6.54 Å². The molecule has 3 atom stereocenters. The Balaban J connectivity index is 1.53. The van der Waals surface area contributed by atoms with Gasteiger partial charge in [-0.25, -0.2) is 0 Å². The maximum absolute atomic E-state index is 10.3. The highest BCUT2D eigenvalue weighted by Crippen LogP contribution is 2.40. The first-order chi connectivity index (χ1) is 14.7. The molecule has 0 radical (unpaired) electrons. The van der Waals surface area contributed by atoms with Gasteiger partial charge >= 0.3 is 0 Å². The van der Waals surface area contributed by atoms with Gasteiger partial charge in [-0.1, -0.05) is 66.7 Å². The van der Waals surface area contributed by atoms with Crippen LogP contribution in [0.5, 0.6) is 0 Å². The van der Waals surface area contributed by atoms with Crippen molar-refractivity contribution < 1.29 is 10.2 Å². The molecule has 0 bridgehead atoms. The number of rotatable bonds is 3. The van der Waals surface area contributed by atoms with Gasteiger partial charge in [-0.05, 0) is 67.9 Å². The summed E-state index contributed by atoms with van der Waals surface area (Å²) in [6.45, 7) is 0.630. The van der Waals surface area contributed by atoms with Crippen LogP contribution in [0.2, 0.25) is 0 Å². The minimum Gasteiger partial charge on any atom is -0.391 e. The summed E-state index contributed by atoms with van der Waals surface area (Å²) in [7, 11) is 0. The van der Waals surface area contributed by atoms with Crippen molar-refractivity contribution >= 4 is 43.1 Å². The van der Waals surface area contributed by atoms with Crippen LogP contribution in [0.15, 0.2) is 66.7 Å². The van der Waals surface area contributed by atoms with Crippen molar-refractivity contribution in [2.75, 3.05) is 0 Å². The minimum absolute atomic E-state index is 0.265. The Morgan fingerprint density at radius 2 is 1.23 bits per heavy atom. The predicted octanol–water partition coefficient (Wildman–Crippen LogP) is 5.10. The first-order valence-corrected chi connectivity index (χ1v) is 10.9. The average Bonchev–Trinajstić information content (AvgIpc) is 2.77. The molecular formula is C27H25NO2. The van der Waals surface area contributed by atoms with E-state index in [0.29, 0.717) is 6.54 Å². The number of hydrogen-bond acceptors (Lipinski definition) is 3. The Kier molecular flexibility index (Phi) is 4.17. The van der Waals surface area contributed by atoms with Crippen LogP contribution in [0.4, 0.5) is 0 Å².